The summed E-state index contributed by atoms with van der Waals surface area (Å²) in [4.78, 5) is 10.5. The molecule has 0 radical (unpaired) electrons. The van der Waals surface area contributed by atoms with E-state index in [-0.39, 0.29) is 5.41 Å². The molecule has 0 aliphatic heterocycles. The summed E-state index contributed by atoms with van der Waals surface area (Å²) in [7, 11) is 0. The van der Waals surface area contributed by atoms with Crippen molar-refractivity contribution in [1.82, 2.24) is 9.97 Å². The molecule has 0 unspecified atom stereocenters. The molecule has 274 valence electrons. The van der Waals surface area contributed by atoms with E-state index in [4.69, 9.17) is 14.4 Å². The molecule has 0 fully saturated rings. The summed E-state index contributed by atoms with van der Waals surface area (Å²) in [5.41, 5.74) is 18.8. The summed E-state index contributed by atoms with van der Waals surface area (Å²) in [6.45, 7) is 4.66. The molecule has 2 aromatic heterocycles. The van der Waals surface area contributed by atoms with E-state index in [0.29, 0.717) is 5.82 Å². The predicted octanol–water partition coefficient (Wildman–Crippen LogP) is 14.7. The van der Waals surface area contributed by atoms with Crippen molar-refractivity contribution in [3.63, 3.8) is 0 Å². The molecular formula is C55H38N2O. The summed E-state index contributed by atoms with van der Waals surface area (Å²) in [6.07, 6.45) is 0. The number of furan rings is 1. The molecule has 0 N–H and O–H groups in total. The number of benzene rings is 8. The minimum atomic E-state index is -0.0535. The molecule has 0 saturated heterocycles. The maximum Gasteiger partial charge on any atom is 0.160 e. The Bertz CT molecular complexity index is 3180. The Kier molecular flexibility index (Phi) is 7.84. The van der Waals surface area contributed by atoms with E-state index in [1.54, 1.807) is 0 Å². The van der Waals surface area contributed by atoms with Gasteiger partial charge in [-0.25, -0.2) is 9.97 Å². The molecule has 1 aliphatic rings. The van der Waals surface area contributed by atoms with Crippen LogP contribution in [0.2, 0.25) is 0 Å². The van der Waals surface area contributed by atoms with Crippen molar-refractivity contribution in [3.8, 4) is 78.4 Å². The second kappa shape index (κ2) is 13.4. The zero-order valence-electron chi connectivity index (χ0n) is 32.3. The molecule has 8 aromatic carbocycles. The highest BCUT2D eigenvalue weighted by Crippen LogP contribution is 2.49. The molecule has 0 amide bonds. The Morgan fingerprint density at radius 1 is 0.345 bits per heavy atom. The highest BCUT2D eigenvalue weighted by Gasteiger charge is 2.35. The molecule has 3 nitrogen and oxygen atoms in total. The van der Waals surface area contributed by atoms with Gasteiger partial charge in [0.15, 0.2) is 5.82 Å². The lowest BCUT2D eigenvalue weighted by molar-refractivity contribution is 0.660. The number of para-hydroxylation sites is 1. The van der Waals surface area contributed by atoms with Crippen molar-refractivity contribution in [1.29, 1.82) is 0 Å². The number of hydrogen-bond acceptors (Lipinski definition) is 3. The van der Waals surface area contributed by atoms with E-state index in [0.717, 1.165) is 72.3 Å². The molecule has 1 aliphatic carbocycles. The second-order valence-corrected chi connectivity index (χ2v) is 15.8. The van der Waals surface area contributed by atoms with Crippen molar-refractivity contribution in [2.75, 3.05) is 0 Å². The van der Waals surface area contributed by atoms with E-state index >= 15 is 0 Å². The molecule has 0 saturated carbocycles. The van der Waals surface area contributed by atoms with Gasteiger partial charge < -0.3 is 4.42 Å². The summed E-state index contributed by atoms with van der Waals surface area (Å²) >= 11 is 0. The van der Waals surface area contributed by atoms with Crippen LogP contribution in [-0.2, 0) is 5.41 Å². The maximum absolute atomic E-state index is 6.19. The van der Waals surface area contributed by atoms with E-state index in [9.17, 15) is 0 Å². The van der Waals surface area contributed by atoms with Gasteiger partial charge in [-0.1, -0.05) is 159 Å². The fourth-order valence-corrected chi connectivity index (χ4v) is 8.82. The fourth-order valence-electron chi connectivity index (χ4n) is 8.82. The first-order chi connectivity index (χ1) is 28.5. The monoisotopic (exact) mass is 742 g/mol. The molecule has 2 heterocycles. The predicted molar refractivity (Wildman–Crippen MR) is 239 cm³/mol. The van der Waals surface area contributed by atoms with Crippen LogP contribution in [0.15, 0.2) is 199 Å². The van der Waals surface area contributed by atoms with Gasteiger partial charge >= 0.3 is 0 Å². The summed E-state index contributed by atoms with van der Waals surface area (Å²) in [5, 5.41) is 2.22. The smallest absolute Gasteiger partial charge is 0.160 e. The van der Waals surface area contributed by atoms with Crippen LogP contribution in [-0.4, -0.2) is 9.97 Å². The highest BCUT2D eigenvalue weighted by atomic mass is 16.3. The lowest BCUT2D eigenvalue weighted by Gasteiger charge is -2.22. The third-order valence-electron chi connectivity index (χ3n) is 11.9. The van der Waals surface area contributed by atoms with Gasteiger partial charge in [0, 0.05) is 32.9 Å². The Balaban J connectivity index is 1.03. The van der Waals surface area contributed by atoms with Crippen LogP contribution in [0.5, 0.6) is 0 Å². The third-order valence-corrected chi connectivity index (χ3v) is 11.9. The van der Waals surface area contributed by atoms with Crippen LogP contribution >= 0.6 is 0 Å². The normalized spacial score (nSPS) is 12.8. The zero-order valence-corrected chi connectivity index (χ0v) is 32.3. The Labute approximate surface area is 338 Å². The van der Waals surface area contributed by atoms with Crippen molar-refractivity contribution >= 4 is 21.9 Å². The van der Waals surface area contributed by atoms with E-state index in [1.807, 2.05) is 18.2 Å². The zero-order chi connectivity index (χ0) is 38.8. The van der Waals surface area contributed by atoms with Crippen molar-refractivity contribution in [3.05, 3.63) is 205 Å². The minimum Gasteiger partial charge on any atom is -0.456 e. The number of hydrogen-bond donors (Lipinski definition) is 0. The second-order valence-electron chi connectivity index (χ2n) is 15.8. The van der Waals surface area contributed by atoms with E-state index < -0.39 is 0 Å². The minimum absolute atomic E-state index is 0.0535. The van der Waals surface area contributed by atoms with Gasteiger partial charge in [-0.15, -0.1) is 0 Å². The largest absolute Gasteiger partial charge is 0.456 e. The van der Waals surface area contributed by atoms with Crippen molar-refractivity contribution in [2.24, 2.45) is 0 Å². The summed E-state index contributed by atoms with van der Waals surface area (Å²) in [6, 6.07) is 69.0. The molecule has 0 bridgehead atoms. The number of fused-ring (bicyclic) bond motifs is 6. The van der Waals surface area contributed by atoms with Crippen LogP contribution in [0.4, 0.5) is 0 Å². The summed E-state index contributed by atoms with van der Waals surface area (Å²) in [5.74, 6) is 0.686. The quantitative estimate of drug-likeness (QED) is 0.170. The molecular weight excluding hydrogens is 705 g/mol. The van der Waals surface area contributed by atoms with Crippen molar-refractivity contribution in [2.45, 2.75) is 19.3 Å². The molecule has 11 rings (SSSR count). The topological polar surface area (TPSA) is 38.9 Å². The Morgan fingerprint density at radius 3 is 1.67 bits per heavy atom. The van der Waals surface area contributed by atoms with Crippen molar-refractivity contribution < 1.29 is 4.42 Å². The molecule has 3 heteroatoms. The lowest BCUT2D eigenvalue weighted by Crippen LogP contribution is -2.14. The van der Waals surface area contributed by atoms with E-state index in [1.165, 1.54) is 33.4 Å². The van der Waals surface area contributed by atoms with Gasteiger partial charge in [0.25, 0.3) is 0 Å². The van der Waals surface area contributed by atoms with Gasteiger partial charge in [0.1, 0.15) is 11.2 Å². The first-order valence-corrected chi connectivity index (χ1v) is 19.9. The lowest BCUT2D eigenvalue weighted by atomic mass is 9.81. The highest BCUT2D eigenvalue weighted by molar-refractivity contribution is 6.06. The maximum atomic E-state index is 6.19. The number of rotatable bonds is 6. The van der Waals surface area contributed by atoms with Gasteiger partial charge in [-0.05, 0) is 104 Å². The standard InChI is InChI=1S/C55H38N2O/c1-55(2)48-19-11-9-17-44(48)45-27-25-40(33-49(45)55)36-21-23-38(24-22-36)54-56-50(37-15-7-4-8-16-37)34-51(57-54)43-30-41(35-13-5-3-6-14-35)29-42(31-43)39-26-28-53-47(32-39)46-18-10-12-20-52(46)58-53/h3-34H,1-2H3. The average Bonchev–Trinajstić information content (AvgIpc) is 3.77. The summed E-state index contributed by atoms with van der Waals surface area (Å²) < 4.78 is 6.19. The SMILES string of the molecule is CC1(C)c2ccccc2-c2ccc(-c3ccc(-c4nc(-c5ccccc5)cc(-c5cc(-c6ccccc6)cc(-c6ccc7oc8ccccc8c7c6)c5)n4)cc3)cc21. The Morgan fingerprint density at radius 2 is 0.879 bits per heavy atom. The molecule has 10 aromatic rings. The first kappa shape index (κ1) is 33.9. The van der Waals surface area contributed by atoms with Crippen LogP contribution in [0.25, 0.3) is 100 Å². The van der Waals surface area contributed by atoms with Gasteiger partial charge in [0.2, 0.25) is 0 Å². The van der Waals surface area contributed by atoms with Crippen LogP contribution in [0.3, 0.4) is 0 Å². The van der Waals surface area contributed by atoms with E-state index in [2.05, 4.69) is 190 Å². The van der Waals surface area contributed by atoms with Gasteiger partial charge in [-0.2, -0.15) is 0 Å². The first-order valence-electron chi connectivity index (χ1n) is 19.9. The van der Waals surface area contributed by atoms with Crippen LogP contribution < -0.4 is 0 Å². The van der Waals surface area contributed by atoms with Crippen LogP contribution in [0.1, 0.15) is 25.0 Å². The number of nitrogens with zero attached hydrogens (tertiary/aromatic N) is 2. The number of aromatic nitrogens is 2. The molecule has 0 atom stereocenters. The third kappa shape index (κ3) is 5.74. The molecule has 58 heavy (non-hydrogen) atoms. The average molecular weight is 743 g/mol. The van der Waals surface area contributed by atoms with Gasteiger partial charge in [-0.3, -0.25) is 0 Å². The van der Waals surface area contributed by atoms with Gasteiger partial charge in [0.05, 0.1) is 11.4 Å². The Hall–Kier alpha value is -7.36. The fraction of sp³-hybridized carbons (Fsp3) is 0.0545. The van der Waals surface area contributed by atoms with Crippen LogP contribution in [0, 0.1) is 0 Å². The molecule has 0 spiro atoms.